The smallest absolute Gasteiger partial charge is 0.222 e. The van der Waals surface area contributed by atoms with Crippen molar-refractivity contribution < 1.29 is 14.3 Å². The number of carbonyl (C=O) groups is 1. The molecule has 0 saturated carbocycles. The number of nitrogen functional groups attached to an aromatic ring is 1. The third-order valence-corrected chi connectivity index (χ3v) is 5.30. The van der Waals surface area contributed by atoms with Gasteiger partial charge in [-0.25, -0.2) is 4.98 Å². The molecule has 1 aliphatic heterocycles. The number of hydrogen-bond acceptors (Lipinski definition) is 6. The van der Waals surface area contributed by atoms with E-state index in [2.05, 4.69) is 4.98 Å². The molecule has 134 valence electrons. The van der Waals surface area contributed by atoms with Gasteiger partial charge in [0.1, 0.15) is 11.5 Å². The monoisotopic (exact) mass is 361 g/mol. The summed E-state index contributed by atoms with van der Waals surface area (Å²) in [5.41, 5.74) is 7.62. The van der Waals surface area contributed by atoms with Crippen LogP contribution in [0.15, 0.2) is 23.6 Å². The molecule has 1 aliphatic rings. The van der Waals surface area contributed by atoms with Crippen LogP contribution in [0.1, 0.15) is 30.0 Å². The number of methoxy groups -OCH3 is 2. The summed E-state index contributed by atoms with van der Waals surface area (Å²) in [7, 11) is 3.32. The van der Waals surface area contributed by atoms with E-state index in [9.17, 15) is 4.79 Å². The second-order valence-corrected chi connectivity index (χ2v) is 7.00. The maximum atomic E-state index is 12.5. The Kier molecular flexibility index (Phi) is 5.43. The molecule has 1 unspecified atom stereocenters. The molecule has 7 heteroatoms. The number of aromatic nitrogens is 1. The molecular weight excluding hydrogens is 338 g/mol. The fourth-order valence-corrected chi connectivity index (χ4v) is 3.83. The number of likely N-dealkylation sites (tertiary alicyclic amines) is 1. The van der Waals surface area contributed by atoms with Crippen LogP contribution >= 0.6 is 11.3 Å². The molecule has 0 aliphatic carbocycles. The first kappa shape index (κ1) is 17.5. The first-order chi connectivity index (χ1) is 12.1. The summed E-state index contributed by atoms with van der Waals surface area (Å²) < 4.78 is 10.8. The highest BCUT2D eigenvalue weighted by atomic mass is 32.1. The Labute approximate surface area is 151 Å². The number of nitrogens with two attached hydrogens (primary N) is 1. The van der Waals surface area contributed by atoms with Crippen molar-refractivity contribution in [1.82, 2.24) is 9.88 Å². The van der Waals surface area contributed by atoms with Crippen molar-refractivity contribution in [2.75, 3.05) is 33.0 Å². The summed E-state index contributed by atoms with van der Waals surface area (Å²) in [6, 6.07) is 5.82. The number of hydrogen-bond donors (Lipinski definition) is 1. The molecule has 0 spiro atoms. The molecule has 1 aromatic heterocycles. The Bertz CT molecular complexity index is 747. The zero-order chi connectivity index (χ0) is 17.8. The van der Waals surface area contributed by atoms with Crippen molar-refractivity contribution >= 4 is 22.4 Å². The molecule has 2 heterocycles. The van der Waals surface area contributed by atoms with Crippen LogP contribution in [-0.2, 0) is 11.2 Å². The van der Waals surface area contributed by atoms with Crippen LogP contribution in [0.2, 0.25) is 0 Å². The maximum absolute atomic E-state index is 12.5. The molecule has 1 aromatic carbocycles. The Morgan fingerprint density at radius 2 is 2.24 bits per heavy atom. The Balaban J connectivity index is 1.62. The van der Waals surface area contributed by atoms with Gasteiger partial charge >= 0.3 is 0 Å². The van der Waals surface area contributed by atoms with Crippen LogP contribution in [0.4, 0.5) is 5.13 Å². The predicted molar refractivity (Wildman–Crippen MR) is 98.3 cm³/mol. The lowest BCUT2D eigenvalue weighted by Crippen LogP contribution is -2.28. The van der Waals surface area contributed by atoms with Crippen molar-refractivity contribution in [3.05, 3.63) is 34.8 Å². The lowest BCUT2D eigenvalue weighted by Gasteiger charge is -2.18. The summed E-state index contributed by atoms with van der Waals surface area (Å²) in [4.78, 5) is 18.6. The third-order valence-electron chi connectivity index (χ3n) is 4.58. The molecule has 0 bridgehead atoms. The first-order valence-corrected chi connectivity index (χ1v) is 9.18. The summed E-state index contributed by atoms with van der Waals surface area (Å²) >= 11 is 1.41. The van der Waals surface area contributed by atoms with Gasteiger partial charge in [-0.1, -0.05) is 0 Å². The van der Waals surface area contributed by atoms with Gasteiger partial charge in [0.15, 0.2) is 5.13 Å². The summed E-state index contributed by atoms with van der Waals surface area (Å²) in [6.45, 7) is 1.48. The van der Waals surface area contributed by atoms with E-state index in [0.717, 1.165) is 35.7 Å². The highest BCUT2D eigenvalue weighted by Crippen LogP contribution is 2.36. The fraction of sp³-hybridized carbons (Fsp3) is 0.444. The van der Waals surface area contributed by atoms with Crippen LogP contribution in [0.3, 0.4) is 0 Å². The minimum atomic E-state index is 0.163. The van der Waals surface area contributed by atoms with Gasteiger partial charge in [-0.2, -0.15) is 0 Å². The highest BCUT2D eigenvalue weighted by molar-refractivity contribution is 7.13. The number of nitrogens with zero attached hydrogens (tertiary/aromatic N) is 2. The van der Waals surface area contributed by atoms with E-state index in [0.29, 0.717) is 24.5 Å². The molecule has 1 atom stereocenters. The minimum Gasteiger partial charge on any atom is -0.497 e. The summed E-state index contributed by atoms with van der Waals surface area (Å²) in [6.07, 6.45) is 2.03. The van der Waals surface area contributed by atoms with Gasteiger partial charge in [-0.05, 0) is 31.0 Å². The van der Waals surface area contributed by atoms with E-state index in [4.69, 9.17) is 15.2 Å². The number of aryl methyl sites for hydroxylation is 1. The second kappa shape index (κ2) is 7.74. The molecule has 1 fully saturated rings. The van der Waals surface area contributed by atoms with Crippen molar-refractivity contribution in [3.63, 3.8) is 0 Å². The molecule has 1 saturated heterocycles. The number of ether oxygens (including phenoxy) is 2. The molecule has 2 aromatic rings. The molecule has 2 N–H and O–H groups in total. The number of carbonyl (C=O) groups excluding carboxylic acids is 1. The molecule has 25 heavy (non-hydrogen) atoms. The standard InChI is InChI=1S/C18H23N3O3S/c1-23-14-4-5-16(24-2)15(9-14)12-7-8-21(10-12)17(22)6-3-13-11-25-18(19)20-13/h4-5,9,11-12H,3,6-8,10H2,1-2H3,(H2,19,20). The molecular formula is C18H23N3O3S. The van der Waals surface area contributed by atoms with E-state index in [1.54, 1.807) is 14.2 Å². The minimum absolute atomic E-state index is 0.163. The number of thiazole rings is 1. The van der Waals surface area contributed by atoms with Crippen molar-refractivity contribution in [3.8, 4) is 11.5 Å². The summed E-state index contributed by atoms with van der Waals surface area (Å²) in [5, 5.41) is 2.46. The van der Waals surface area contributed by atoms with Crippen molar-refractivity contribution in [1.29, 1.82) is 0 Å². The van der Waals surface area contributed by atoms with Crippen LogP contribution in [-0.4, -0.2) is 43.1 Å². The quantitative estimate of drug-likeness (QED) is 0.856. The van der Waals surface area contributed by atoms with Crippen LogP contribution in [0, 0.1) is 0 Å². The number of rotatable bonds is 6. The van der Waals surface area contributed by atoms with E-state index in [1.807, 2.05) is 28.5 Å². The van der Waals surface area contributed by atoms with Gasteiger partial charge in [0, 0.05) is 36.4 Å². The Hall–Kier alpha value is -2.28. The zero-order valence-electron chi connectivity index (χ0n) is 14.5. The molecule has 1 amide bonds. The second-order valence-electron chi connectivity index (χ2n) is 6.11. The predicted octanol–water partition coefficient (Wildman–Crippen LogP) is 2.69. The van der Waals surface area contributed by atoms with Crippen LogP contribution in [0.25, 0.3) is 0 Å². The Morgan fingerprint density at radius 3 is 2.92 bits per heavy atom. The molecule has 3 rings (SSSR count). The van der Waals surface area contributed by atoms with E-state index in [1.165, 1.54) is 11.3 Å². The van der Waals surface area contributed by atoms with Crippen molar-refractivity contribution in [2.45, 2.75) is 25.2 Å². The van der Waals surface area contributed by atoms with Crippen molar-refractivity contribution in [2.24, 2.45) is 0 Å². The van der Waals surface area contributed by atoms with Gasteiger partial charge in [0.25, 0.3) is 0 Å². The van der Waals surface area contributed by atoms with Gasteiger partial charge < -0.3 is 20.1 Å². The lowest BCUT2D eigenvalue weighted by molar-refractivity contribution is -0.130. The van der Waals surface area contributed by atoms with Gasteiger partial charge in [0.2, 0.25) is 5.91 Å². The van der Waals surface area contributed by atoms with E-state index >= 15 is 0 Å². The van der Waals surface area contributed by atoms with E-state index in [-0.39, 0.29) is 11.8 Å². The molecule has 0 radical (unpaired) electrons. The highest BCUT2D eigenvalue weighted by Gasteiger charge is 2.29. The van der Waals surface area contributed by atoms with Gasteiger partial charge in [0.05, 0.1) is 19.9 Å². The van der Waals surface area contributed by atoms with Crippen LogP contribution < -0.4 is 15.2 Å². The summed E-state index contributed by atoms with van der Waals surface area (Å²) in [5.74, 6) is 2.08. The SMILES string of the molecule is COc1ccc(OC)c(C2CCN(C(=O)CCc3csc(N)n3)C2)c1. The lowest BCUT2D eigenvalue weighted by atomic mass is 9.97. The fourth-order valence-electron chi connectivity index (χ4n) is 3.23. The molecule has 6 nitrogen and oxygen atoms in total. The van der Waals surface area contributed by atoms with Gasteiger partial charge in [-0.3, -0.25) is 4.79 Å². The average Bonchev–Trinajstić information content (AvgIpc) is 3.28. The average molecular weight is 361 g/mol. The third kappa shape index (κ3) is 4.04. The first-order valence-electron chi connectivity index (χ1n) is 8.30. The number of benzene rings is 1. The maximum Gasteiger partial charge on any atom is 0.222 e. The number of amides is 1. The largest absolute Gasteiger partial charge is 0.497 e. The van der Waals surface area contributed by atoms with Crippen LogP contribution in [0.5, 0.6) is 11.5 Å². The number of anilines is 1. The topological polar surface area (TPSA) is 77.7 Å². The Morgan fingerprint density at radius 1 is 1.40 bits per heavy atom. The zero-order valence-corrected chi connectivity index (χ0v) is 15.3. The van der Waals surface area contributed by atoms with E-state index < -0.39 is 0 Å². The van der Waals surface area contributed by atoms with Gasteiger partial charge in [-0.15, -0.1) is 11.3 Å². The normalized spacial score (nSPS) is 16.9.